The first kappa shape index (κ1) is 12.3. The summed E-state index contributed by atoms with van der Waals surface area (Å²) in [7, 11) is 0. The monoisotopic (exact) mass is 290 g/mol. The predicted octanol–water partition coefficient (Wildman–Crippen LogP) is 2.85. The molecule has 2 aromatic rings. The minimum absolute atomic E-state index is 0.186. The van der Waals surface area contributed by atoms with Gasteiger partial charge in [-0.1, -0.05) is 23.2 Å². The first-order chi connectivity index (χ1) is 9.83. The van der Waals surface area contributed by atoms with Crippen molar-refractivity contribution in [1.82, 2.24) is 20.4 Å². The van der Waals surface area contributed by atoms with Crippen LogP contribution in [0.25, 0.3) is 11.5 Å². The third-order valence-electron chi connectivity index (χ3n) is 4.42. The van der Waals surface area contributed by atoms with Gasteiger partial charge in [0.05, 0.1) is 11.1 Å². The topological polar surface area (TPSA) is 63.8 Å². The van der Waals surface area contributed by atoms with Crippen LogP contribution < -0.4 is 5.32 Å². The minimum Gasteiger partial charge on any atom is -0.337 e. The molecule has 3 atom stereocenters. The van der Waals surface area contributed by atoms with E-state index in [1.54, 1.807) is 18.3 Å². The highest BCUT2D eigenvalue weighted by atomic mass is 35.5. The Bertz CT molecular complexity index is 629. The number of fused-ring (bicyclic) bond motifs is 1. The van der Waals surface area contributed by atoms with Gasteiger partial charge < -0.3 is 9.84 Å². The van der Waals surface area contributed by atoms with Crippen molar-refractivity contribution in [3.05, 3.63) is 29.2 Å². The van der Waals surface area contributed by atoms with E-state index in [1.165, 1.54) is 19.3 Å². The summed E-state index contributed by atoms with van der Waals surface area (Å²) >= 11 is 6.12. The zero-order valence-electron chi connectivity index (χ0n) is 10.9. The van der Waals surface area contributed by atoms with Gasteiger partial charge in [-0.2, -0.15) is 4.98 Å². The molecule has 0 spiro atoms. The molecule has 4 rings (SSSR count). The minimum atomic E-state index is 0.186. The summed E-state index contributed by atoms with van der Waals surface area (Å²) in [4.78, 5) is 8.71. The summed E-state index contributed by atoms with van der Waals surface area (Å²) in [5, 5.41) is 8.08. The Labute approximate surface area is 121 Å². The van der Waals surface area contributed by atoms with Crippen LogP contribution >= 0.6 is 11.6 Å². The van der Waals surface area contributed by atoms with Gasteiger partial charge in [-0.3, -0.25) is 4.98 Å². The SMILES string of the molecule is Clc1cccnc1-c1noc(C2NCC3CCCC32)n1. The maximum Gasteiger partial charge on any atom is 0.244 e. The second-order valence-electron chi connectivity index (χ2n) is 5.53. The molecule has 2 aromatic heterocycles. The van der Waals surface area contributed by atoms with Crippen LogP contribution in [0.15, 0.2) is 22.9 Å². The van der Waals surface area contributed by atoms with Crippen LogP contribution in [0, 0.1) is 11.8 Å². The van der Waals surface area contributed by atoms with Gasteiger partial charge in [0.1, 0.15) is 5.69 Å². The Balaban J connectivity index is 1.64. The molecule has 5 nitrogen and oxygen atoms in total. The average Bonchev–Trinajstić information content (AvgIpc) is 3.14. The van der Waals surface area contributed by atoms with E-state index >= 15 is 0 Å². The highest BCUT2D eigenvalue weighted by Gasteiger charge is 2.42. The zero-order valence-corrected chi connectivity index (χ0v) is 11.7. The van der Waals surface area contributed by atoms with Crippen molar-refractivity contribution < 1.29 is 4.52 Å². The maximum absolute atomic E-state index is 6.12. The molecular formula is C14H15ClN4O. The number of nitrogens with zero attached hydrogens (tertiary/aromatic N) is 3. The number of aromatic nitrogens is 3. The normalized spacial score (nSPS) is 28.8. The van der Waals surface area contributed by atoms with Gasteiger partial charge >= 0.3 is 0 Å². The van der Waals surface area contributed by atoms with Crippen LogP contribution in [0.4, 0.5) is 0 Å². The summed E-state index contributed by atoms with van der Waals surface area (Å²) in [6.07, 6.45) is 5.53. The van der Waals surface area contributed by atoms with Crippen LogP contribution in [0.3, 0.4) is 0 Å². The van der Waals surface area contributed by atoms with E-state index in [9.17, 15) is 0 Å². The van der Waals surface area contributed by atoms with Crippen molar-refractivity contribution in [2.75, 3.05) is 6.54 Å². The van der Waals surface area contributed by atoms with Gasteiger partial charge in [0.2, 0.25) is 11.7 Å². The Hall–Kier alpha value is -1.46. The molecule has 20 heavy (non-hydrogen) atoms. The van der Waals surface area contributed by atoms with Gasteiger partial charge in [0.25, 0.3) is 0 Å². The van der Waals surface area contributed by atoms with Crippen LogP contribution in [0.2, 0.25) is 5.02 Å². The number of hydrogen-bond donors (Lipinski definition) is 1. The molecule has 0 amide bonds. The van der Waals surface area contributed by atoms with Crippen molar-refractivity contribution in [1.29, 1.82) is 0 Å². The van der Waals surface area contributed by atoms with E-state index in [4.69, 9.17) is 16.1 Å². The van der Waals surface area contributed by atoms with Gasteiger partial charge in [-0.15, -0.1) is 0 Å². The third-order valence-corrected chi connectivity index (χ3v) is 4.73. The fourth-order valence-corrected chi connectivity index (χ4v) is 3.67. The van der Waals surface area contributed by atoms with E-state index in [2.05, 4.69) is 20.4 Å². The molecule has 1 aliphatic carbocycles. The lowest BCUT2D eigenvalue weighted by Gasteiger charge is -2.13. The van der Waals surface area contributed by atoms with Crippen molar-refractivity contribution in [2.45, 2.75) is 25.3 Å². The van der Waals surface area contributed by atoms with Crippen molar-refractivity contribution in [3.8, 4) is 11.5 Å². The molecule has 1 N–H and O–H groups in total. The highest BCUT2D eigenvalue weighted by Crippen LogP contribution is 2.44. The van der Waals surface area contributed by atoms with Crippen molar-refractivity contribution >= 4 is 11.6 Å². The summed E-state index contributed by atoms with van der Waals surface area (Å²) in [6.45, 7) is 1.05. The fourth-order valence-electron chi connectivity index (χ4n) is 3.47. The van der Waals surface area contributed by atoms with Crippen molar-refractivity contribution in [3.63, 3.8) is 0 Å². The zero-order chi connectivity index (χ0) is 13.5. The third kappa shape index (κ3) is 1.93. The molecule has 2 fully saturated rings. The van der Waals surface area contributed by atoms with E-state index in [0.717, 1.165) is 12.5 Å². The first-order valence-corrected chi connectivity index (χ1v) is 7.38. The Morgan fingerprint density at radius 2 is 2.30 bits per heavy atom. The molecular weight excluding hydrogens is 276 g/mol. The van der Waals surface area contributed by atoms with Gasteiger partial charge in [-0.25, -0.2) is 0 Å². The predicted molar refractivity (Wildman–Crippen MR) is 74.1 cm³/mol. The average molecular weight is 291 g/mol. The number of halogens is 1. The van der Waals surface area contributed by atoms with Crippen LogP contribution in [-0.4, -0.2) is 21.7 Å². The molecule has 3 heterocycles. The number of rotatable bonds is 2. The molecule has 1 saturated carbocycles. The van der Waals surface area contributed by atoms with Crippen molar-refractivity contribution in [2.24, 2.45) is 11.8 Å². The molecule has 0 aromatic carbocycles. The van der Waals surface area contributed by atoms with E-state index in [-0.39, 0.29) is 6.04 Å². The number of nitrogens with one attached hydrogen (secondary N) is 1. The van der Waals surface area contributed by atoms with Gasteiger partial charge in [-0.05, 0) is 43.4 Å². The fraction of sp³-hybridized carbons (Fsp3) is 0.500. The Kier molecular flexibility index (Phi) is 2.97. The van der Waals surface area contributed by atoms with Crippen LogP contribution in [0.5, 0.6) is 0 Å². The summed E-state index contributed by atoms with van der Waals surface area (Å²) < 4.78 is 5.44. The Morgan fingerprint density at radius 3 is 3.20 bits per heavy atom. The van der Waals surface area contributed by atoms with Gasteiger partial charge in [0.15, 0.2) is 0 Å². The molecule has 6 heteroatoms. The second kappa shape index (κ2) is 4.82. The molecule has 1 aliphatic heterocycles. The second-order valence-corrected chi connectivity index (χ2v) is 5.94. The lowest BCUT2D eigenvalue weighted by molar-refractivity contribution is 0.302. The standard InChI is InChI=1S/C14H15ClN4O/c15-10-5-2-6-16-12(10)13-18-14(20-19-13)11-9-4-1-3-8(9)7-17-11/h2,5-6,8-9,11,17H,1,3-4,7H2. The molecule has 1 saturated heterocycles. The van der Waals surface area contributed by atoms with E-state index < -0.39 is 0 Å². The van der Waals surface area contributed by atoms with E-state index in [1.807, 2.05) is 0 Å². The molecule has 3 unspecified atom stereocenters. The molecule has 0 radical (unpaired) electrons. The quantitative estimate of drug-likeness (QED) is 0.921. The number of pyridine rings is 1. The lowest BCUT2D eigenvalue weighted by atomic mass is 9.94. The van der Waals surface area contributed by atoms with E-state index in [0.29, 0.717) is 28.3 Å². The molecule has 104 valence electrons. The lowest BCUT2D eigenvalue weighted by Crippen LogP contribution is -2.18. The smallest absolute Gasteiger partial charge is 0.244 e. The summed E-state index contributed by atoms with van der Waals surface area (Å²) in [6, 6.07) is 3.75. The maximum atomic E-state index is 6.12. The highest BCUT2D eigenvalue weighted by molar-refractivity contribution is 6.32. The van der Waals surface area contributed by atoms with Crippen LogP contribution in [0.1, 0.15) is 31.2 Å². The van der Waals surface area contributed by atoms with Crippen LogP contribution in [-0.2, 0) is 0 Å². The molecule has 0 bridgehead atoms. The first-order valence-electron chi connectivity index (χ1n) is 7.01. The Morgan fingerprint density at radius 1 is 1.35 bits per heavy atom. The molecule has 2 aliphatic rings. The number of hydrogen-bond acceptors (Lipinski definition) is 5. The summed E-state index contributed by atoms with van der Waals surface area (Å²) in [5.41, 5.74) is 0.574. The largest absolute Gasteiger partial charge is 0.337 e. The van der Waals surface area contributed by atoms with Gasteiger partial charge in [0, 0.05) is 6.20 Å². The summed E-state index contributed by atoms with van der Waals surface area (Å²) in [5.74, 6) is 2.52.